The van der Waals surface area contributed by atoms with Gasteiger partial charge in [-0.1, -0.05) is 42.8 Å². The summed E-state index contributed by atoms with van der Waals surface area (Å²) in [5, 5.41) is 3.38. The summed E-state index contributed by atoms with van der Waals surface area (Å²) >= 11 is 6.01. The Morgan fingerprint density at radius 1 is 1.21 bits per heavy atom. The minimum absolute atomic E-state index is 0.151. The fraction of sp³-hybridized carbons (Fsp3) is 0.316. The van der Waals surface area contributed by atoms with E-state index in [1.54, 1.807) is 12.1 Å². The van der Waals surface area contributed by atoms with Crippen molar-refractivity contribution in [2.45, 2.75) is 26.4 Å². The average Bonchev–Trinajstić information content (AvgIpc) is 2.58. The van der Waals surface area contributed by atoms with E-state index < -0.39 is 6.10 Å². The fourth-order valence-corrected chi connectivity index (χ4v) is 2.38. The highest BCUT2D eigenvalue weighted by Crippen LogP contribution is 2.22. The molecule has 0 bridgehead atoms. The lowest BCUT2D eigenvalue weighted by molar-refractivity contribution is -0.128. The Hall–Kier alpha value is -2.20. The van der Waals surface area contributed by atoms with Gasteiger partial charge in [0.25, 0.3) is 5.91 Å². The van der Waals surface area contributed by atoms with Crippen molar-refractivity contribution in [2.75, 3.05) is 13.2 Å². The highest BCUT2D eigenvalue weighted by molar-refractivity contribution is 6.32. The molecule has 0 aliphatic heterocycles. The molecule has 24 heavy (non-hydrogen) atoms. The fourth-order valence-electron chi connectivity index (χ4n) is 2.19. The second-order valence-corrected chi connectivity index (χ2v) is 5.81. The Morgan fingerprint density at radius 2 is 2.00 bits per heavy atom. The SMILES string of the molecule is CC[C@H](Oc1cccc(C)c1)C(=O)NCCOc1ccccc1Cl. The Labute approximate surface area is 147 Å². The molecule has 4 nitrogen and oxygen atoms in total. The standard InChI is InChI=1S/C19H22ClNO3/c1-3-17(24-15-8-6-7-14(2)13-15)19(22)21-11-12-23-18-10-5-4-9-16(18)20/h4-10,13,17H,3,11-12H2,1-2H3,(H,21,22)/t17-/m0/s1. The lowest BCUT2D eigenvalue weighted by Gasteiger charge is -2.17. The number of carbonyl (C=O) groups excluding carboxylic acids is 1. The van der Waals surface area contributed by atoms with E-state index in [1.807, 2.05) is 50.2 Å². The third kappa shape index (κ3) is 5.46. The maximum absolute atomic E-state index is 12.2. The molecule has 0 radical (unpaired) electrons. The summed E-state index contributed by atoms with van der Waals surface area (Å²) in [6.45, 7) is 4.63. The normalized spacial score (nSPS) is 11.6. The van der Waals surface area contributed by atoms with Crippen molar-refractivity contribution in [3.63, 3.8) is 0 Å². The molecule has 5 heteroatoms. The van der Waals surface area contributed by atoms with Crippen LogP contribution in [-0.2, 0) is 4.79 Å². The molecule has 1 N–H and O–H groups in total. The van der Waals surface area contributed by atoms with E-state index in [1.165, 1.54) is 0 Å². The van der Waals surface area contributed by atoms with Crippen molar-refractivity contribution in [1.82, 2.24) is 5.32 Å². The molecular formula is C19H22ClNO3. The van der Waals surface area contributed by atoms with Gasteiger partial charge in [0.05, 0.1) is 11.6 Å². The van der Waals surface area contributed by atoms with Crippen LogP contribution in [0.25, 0.3) is 0 Å². The molecule has 2 aromatic rings. The first-order valence-electron chi connectivity index (χ1n) is 7.98. The van der Waals surface area contributed by atoms with Crippen LogP contribution >= 0.6 is 11.6 Å². The van der Waals surface area contributed by atoms with Gasteiger partial charge < -0.3 is 14.8 Å². The largest absolute Gasteiger partial charge is 0.490 e. The summed E-state index contributed by atoms with van der Waals surface area (Å²) in [6, 6.07) is 14.9. The number of hydrogen-bond donors (Lipinski definition) is 1. The number of ether oxygens (including phenoxy) is 2. The van der Waals surface area contributed by atoms with Crippen LogP contribution in [0.4, 0.5) is 0 Å². The lowest BCUT2D eigenvalue weighted by Crippen LogP contribution is -2.39. The van der Waals surface area contributed by atoms with E-state index in [9.17, 15) is 4.79 Å². The number of hydrogen-bond acceptors (Lipinski definition) is 3. The smallest absolute Gasteiger partial charge is 0.261 e. The van der Waals surface area contributed by atoms with Crippen molar-refractivity contribution in [3.8, 4) is 11.5 Å². The predicted octanol–water partition coefficient (Wildman–Crippen LogP) is 4.00. The highest BCUT2D eigenvalue weighted by Gasteiger charge is 2.17. The zero-order valence-corrected chi connectivity index (χ0v) is 14.7. The van der Waals surface area contributed by atoms with Crippen LogP contribution in [0.3, 0.4) is 0 Å². The number of para-hydroxylation sites is 1. The molecule has 0 fully saturated rings. The van der Waals surface area contributed by atoms with Crippen molar-refractivity contribution < 1.29 is 14.3 Å². The summed E-state index contributed by atoms with van der Waals surface area (Å²) in [7, 11) is 0. The molecule has 2 aromatic carbocycles. The van der Waals surface area contributed by atoms with Gasteiger partial charge in [-0.3, -0.25) is 4.79 Å². The first kappa shape index (κ1) is 18.1. The number of aryl methyl sites for hydroxylation is 1. The van der Waals surface area contributed by atoms with Crippen LogP contribution in [-0.4, -0.2) is 25.2 Å². The van der Waals surface area contributed by atoms with E-state index in [-0.39, 0.29) is 5.91 Å². The van der Waals surface area contributed by atoms with Gasteiger partial charge in [0, 0.05) is 0 Å². The summed E-state index contributed by atoms with van der Waals surface area (Å²) in [4.78, 5) is 12.2. The van der Waals surface area contributed by atoms with E-state index in [4.69, 9.17) is 21.1 Å². The molecule has 0 saturated heterocycles. The number of rotatable bonds is 8. The first-order chi connectivity index (χ1) is 11.6. The van der Waals surface area contributed by atoms with Gasteiger partial charge in [0.15, 0.2) is 6.10 Å². The van der Waals surface area contributed by atoms with Crippen molar-refractivity contribution in [2.24, 2.45) is 0 Å². The number of benzene rings is 2. The Bertz CT molecular complexity index is 675. The Kier molecular flexibility index (Phi) is 6.94. The van der Waals surface area contributed by atoms with Gasteiger partial charge in [-0.05, 0) is 43.2 Å². The monoisotopic (exact) mass is 347 g/mol. The van der Waals surface area contributed by atoms with Gasteiger partial charge in [-0.2, -0.15) is 0 Å². The summed E-state index contributed by atoms with van der Waals surface area (Å²) in [6.07, 6.45) is 0.0672. The van der Waals surface area contributed by atoms with Crippen molar-refractivity contribution in [3.05, 3.63) is 59.1 Å². The van der Waals surface area contributed by atoms with E-state index in [0.29, 0.717) is 36.1 Å². The number of amides is 1. The number of carbonyl (C=O) groups is 1. The molecule has 0 aromatic heterocycles. The Balaban J connectivity index is 1.78. The second-order valence-electron chi connectivity index (χ2n) is 5.40. The van der Waals surface area contributed by atoms with Gasteiger partial charge in [0.2, 0.25) is 0 Å². The summed E-state index contributed by atoms with van der Waals surface area (Å²) in [5.74, 6) is 1.16. The predicted molar refractivity (Wildman–Crippen MR) is 95.8 cm³/mol. The van der Waals surface area contributed by atoms with Crippen LogP contribution < -0.4 is 14.8 Å². The second kappa shape index (κ2) is 9.18. The topological polar surface area (TPSA) is 47.6 Å². The molecule has 0 aliphatic carbocycles. The molecule has 0 unspecified atom stereocenters. The Morgan fingerprint density at radius 3 is 2.71 bits per heavy atom. The molecule has 0 heterocycles. The maximum Gasteiger partial charge on any atom is 0.261 e. The highest BCUT2D eigenvalue weighted by atomic mass is 35.5. The summed E-state index contributed by atoms with van der Waals surface area (Å²) < 4.78 is 11.3. The molecule has 0 saturated carbocycles. The third-order valence-electron chi connectivity index (χ3n) is 3.43. The van der Waals surface area contributed by atoms with Crippen LogP contribution in [0.1, 0.15) is 18.9 Å². The molecule has 1 amide bonds. The van der Waals surface area contributed by atoms with Gasteiger partial charge >= 0.3 is 0 Å². The van der Waals surface area contributed by atoms with E-state index in [2.05, 4.69) is 5.32 Å². The van der Waals surface area contributed by atoms with Crippen LogP contribution in [0.15, 0.2) is 48.5 Å². The third-order valence-corrected chi connectivity index (χ3v) is 3.74. The maximum atomic E-state index is 12.2. The lowest BCUT2D eigenvalue weighted by atomic mass is 10.2. The molecule has 2 rings (SSSR count). The summed E-state index contributed by atoms with van der Waals surface area (Å²) in [5.41, 5.74) is 1.09. The van der Waals surface area contributed by atoms with Crippen molar-refractivity contribution in [1.29, 1.82) is 0 Å². The molecular weight excluding hydrogens is 326 g/mol. The average molecular weight is 348 g/mol. The first-order valence-corrected chi connectivity index (χ1v) is 8.36. The van der Waals surface area contributed by atoms with Crippen LogP contribution in [0.2, 0.25) is 5.02 Å². The van der Waals surface area contributed by atoms with E-state index in [0.717, 1.165) is 5.56 Å². The number of nitrogens with one attached hydrogen (secondary N) is 1. The van der Waals surface area contributed by atoms with Crippen molar-refractivity contribution >= 4 is 17.5 Å². The van der Waals surface area contributed by atoms with E-state index >= 15 is 0 Å². The molecule has 0 spiro atoms. The van der Waals surface area contributed by atoms with Gasteiger partial charge in [0.1, 0.15) is 18.1 Å². The zero-order chi connectivity index (χ0) is 17.4. The van der Waals surface area contributed by atoms with Crippen LogP contribution in [0, 0.1) is 6.92 Å². The van der Waals surface area contributed by atoms with Gasteiger partial charge in [-0.25, -0.2) is 0 Å². The number of halogens is 1. The quantitative estimate of drug-likeness (QED) is 0.734. The van der Waals surface area contributed by atoms with Crippen LogP contribution in [0.5, 0.6) is 11.5 Å². The minimum Gasteiger partial charge on any atom is -0.490 e. The molecule has 1 atom stereocenters. The van der Waals surface area contributed by atoms with Gasteiger partial charge in [-0.15, -0.1) is 0 Å². The molecule has 0 aliphatic rings. The zero-order valence-electron chi connectivity index (χ0n) is 13.9. The molecule has 128 valence electrons. The minimum atomic E-state index is -0.521.